The van der Waals surface area contributed by atoms with Crippen LogP contribution >= 0.6 is 0 Å². The topological polar surface area (TPSA) is 88.1 Å². The molecular weight excluding hydrogens is 378 g/mol. The van der Waals surface area contributed by atoms with Crippen LogP contribution in [0.2, 0.25) is 0 Å². The van der Waals surface area contributed by atoms with Gasteiger partial charge in [0.05, 0.1) is 12.9 Å². The number of ether oxygens (including phenoxy) is 2. The third-order valence-corrected chi connectivity index (χ3v) is 4.87. The van der Waals surface area contributed by atoms with Crippen molar-refractivity contribution in [3.63, 3.8) is 0 Å². The van der Waals surface area contributed by atoms with E-state index in [-0.39, 0.29) is 5.95 Å². The number of imidazole rings is 1. The Kier molecular flexibility index (Phi) is 9.54. The molecule has 0 bridgehead atoms. The van der Waals surface area contributed by atoms with E-state index in [0.29, 0.717) is 30.7 Å². The van der Waals surface area contributed by atoms with Crippen molar-refractivity contribution >= 4 is 17.1 Å². The van der Waals surface area contributed by atoms with Gasteiger partial charge in [-0.3, -0.25) is 0 Å². The van der Waals surface area contributed by atoms with Crippen LogP contribution in [0.4, 0.5) is 5.95 Å². The van der Waals surface area contributed by atoms with Crippen LogP contribution < -0.4 is 10.5 Å². The molecule has 0 fully saturated rings. The maximum absolute atomic E-state index is 5.96. The van der Waals surface area contributed by atoms with Gasteiger partial charge in [0.2, 0.25) is 11.8 Å². The number of aromatic nitrogens is 4. The minimum absolute atomic E-state index is 0.199. The van der Waals surface area contributed by atoms with Gasteiger partial charge in [-0.15, -0.1) is 0 Å². The number of anilines is 1. The van der Waals surface area contributed by atoms with Gasteiger partial charge in [-0.2, -0.15) is 9.97 Å². The van der Waals surface area contributed by atoms with E-state index >= 15 is 0 Å². The molecule has 2 aromatic heterocycles. The maximum Gasteiger partial charge on any atom is 0.247 e. The van der Waals surface area contributed by atoms with Crippen LogP contribution in [0.1, 0.15) is 70.5 Å². The number of rotatable bonds is 10. The molecule has 0 spiro atoms. The van der Waals surface area contributed by atoms with Crippen molar-refractivity contribution in [2.24, 2.45) is 0 Å². The fourth-order valence-corrected chi connectivity index (χ4v) is 3.30. The first-order valence-electron chi connectivity index (χ1n) is 10.9. The summed E-state index contributed by atoms with van der Waals surface area (Å²) in [5.74, 6) is 0.623. The standard InChI is InChI=1S/C21H29N5O2.C2H6/c1-4-6-7-17(5-2)26-14-23-18-19(26)24-21(22)25-20(18)28-13-16-10-8-15(9-11-16)12-27-3;1-2/h8-11,14,17H,4-7,12-13H2,1-3H3,(H2,22,24,25);1-2H3. The molecule has 2 N–H and O–H groups in total. The van der Waals surface area contributed by atoms with E-state index in [1.165, 1.54) is 6.42 Å². The number of nitrogen functional groups attached to an aromatic ring is 1. The third-order valence-electron chi connectivity index (χ3n) is 4.87. The molecule has 3 aromatic rings. The third kappa shape index (κ3) is 5.92. The predicted octanol–water partition coefficient (Wildman–Crippen LogP) is 5.30. The zero-order valence-corrected chi connectivity index (χ0v) is 18.9. The molecule has 1 atom stereocenters. The molecule has 0 amide bonds. The zero-order valence-electron chi connectivity index (χ0n) is 18.9. The van der Waals surface area contributed by atoms with E-state index in [4.69, 9.17) is 15.2 Å². The van der Waals surface area contributed by atoms with Gasteiger partial charge in [-0.1, -0.05) is 64.8 Å². The largest absolute Gasteiger partial charge is 0.471 e. The first kappa shape index (κ1) is 23.6. The van der Waals surface area contributed by atoms with E-state index in [0.717, 1.165) is 36.0 Å². The molecule has 7 nitrogen and oxygen atoms in total. The van der Waals surface area contributed by atoms with E-state index in [1.807, 2.05) is 44.4 Å². The number of fused-ring (bicyclic) bond motifs is 1. The second-order valence-electron chi connectivity index (χ2n) is 6.95. The Bertz CT molecular complexity index is 892. The smallest absolute Gasteiger partial charge is 0.247 e. The summed E-state index contributed by atoms with van der Waals surface area (Å²) in [5.41, 5.74) is 9.51. The molecule has 0 saturated carbocycles. The summed E-state index contributed by atoms with van der Waals surface area (Å²) in [4.78, 5) is 13.2. The number of methoxy groups -OCH3 is 1. The lowest BCUT2D eigenvalue weighted by Gasteiger charge is -2.17. The van der Waals surface area contributed by atoms with Crippen molar-refractivity contribution in [1.29, 1.82) is 0 Å². The molecule has 0 aliphatic heterocycles. The summed E-state index contributed by atoms with van der Waals surface area (Å²) >= 11 is 0. The van der Waals surface area contributed by atoms with E-state index < -0.39 is 0 Å². The Morgan fingerprint density at radius 1 is 1.03 bits per heavy atom. The SMILES string of the molecule is CC.CCCCC(CC)n1cnc2c(OCc3ccc(COC)cc3)nc(N)nc21. The quantitative estimate of drug-likeness (QED) is 0.485. The molecular formula is C23H35N5O2. The highest BCUT2D eigenvalue weighted by Gasteiger charge is 2.18. The molecule has 0 aliphatic rings. The first-order valence-corrected chi connectivity index (χ1v) is 10.9. The highest BCUT2D eigenvalue weighted by atomic mass is 16.5. The van der Waals surface area contributed by atoms with Gasteiger partial charge in [0.15, 0.2) is 11.2 Å². The van der Waals surface area contributed by atoms with Crippen LogP contribution in [-0.4, -0.2) is 26.6 Å². The molecule has 3 rings (SSSR count). The van der Waals surface area contributed by atoms with Crippen molar-refractivity contribution in [3.05, 3.63) is 41.7 Å². The van der Waals surface area contributed by atoms with Gasteiger partial charge in [0, 0.05) is 13.2 Å². The highest BCUT2D eigenvalue weighted by molar-refractivity contribution is 5.77. The summed E-state index contributed by atoms with van der Waals surface area (Å²) in [7, 11) is 1.69. The van der Waals surface area contributed by atoms with Gasteiger partial charge >= 0.3 is 0 Å². The minimum atomic E-state index is 0.199. The van der Waals surface area contributed by atoms with Gasteiger partial charge in [-0.05, 0) is 24.0 Å². The van der Waals surface area contributed by atoms with E-state index in [2.05, 4.69) is 33.4 Å². The van der Waals surface area contributed by atoms with Crippen LogP contribution in [0.25, 0.3) is 11.2 Å². The Morgan fingerprint density at radius 2 is 1.70 bits per heavy atom. The van der Waals surface area contributed by atoms with Crippen molar-refractivity contribution in [1.82, 2.24) is 19.5 Å². The highest BCUT2D eigenvalue weighted by Crippen LogP contribution is 2.28. The minimum Gasteiger partial charge on any atom is -0.471 e. The summed E-state index contributed by atoms with van der Waals surface area (Å²) in [5, 5.41) is 0. The van der Waals surface area contributed by atoms with Crippen LogP contribution in [0.5, 0.6) is 5.88 Å². The summed E-state index contributed by atoms with van der Waals surface area (Å²) in [6.07, 6.45) is 6.26. The van der Waals surface area contributed by atoms with Crippen LogP contribution in [-0.2, 0) is 18.0 Å². The number of unbranched alkanes of at least 4 members (excludes halogenated alkanes) is 1. The summed E-state index contributed by atoms with van der Waals surface area (Å²) in [6.45, 7) is 9.37. The summed E-state index contributed by atoms with van der Waals surface area (Å²) < 4.78 is 13.2. The number of nitrogens with zero attached hydrogens (tertiary/aromatic N) is 4. The van der Waals surface area contributed by atoms with Crippen LogP contribution in [0.3, 0.4) is 0 Å². The molecule has 2 heterocycles. The van der Waals surface area contributed by atoms with Crippen molar-refractivity contribution in [2.75, 3.05) is 12.8 Å². The lowest BCUT2D eigenvalue weighted by atomic mass is 10.1. The molecule has 164 valence electrons. The number of hydrogen-bond donors (Lipinski definition) is 1. The Labute approximate surface area is 179 Å². The Morgan fingerprint density at radius 3 is 2.30 bits per heavy atom. The Balaban J connectivity index is 0.00000155. The van der Waals surface area contributed by atoms with Crippen molar-refractivity contribution in [2.45, 2.75) is 72.6 Å². The molecule has 1 aromatic carbocycles. The number of benzene rings is 1. The fourth-order valence-electron chi connectivity index (χ4n) is 3.30. The predicted molar refractivity (Wildman–Crippen MR) is 121 cm³/mol. The van der Waals surface area contributed by atoms with Gasteiger partial charge in [-0.25, -0.2) is 4.98 Å². The monoisotopic (exact) mass is 413 g/mol. The maximum atomic E-state index is 5.96. The Hall–Kier alpha value is -2.67. The lowest BCUT2D eigenvalue weighted by Crippen LogP contribution is -2.09. The molecule has 7 heteroatoms. The molecule has 30 heavy (non-hydrogen) atoms. The molecule has 0 radical (unpaired) electrons. The van der Waals surface area contributed by atoms with E-state index in [1.54, 1.807) is 7.11 Å². The lowest BCUT2D eigenvalue weighted by molar-refractivity contribution is 0.185. The van der Waals surface area contributed by atoms with Gasteiger partial charge in [0.1, 0.15) is 6.61 Å². The van der Waals surface area contributed by atoms with Crippen molar-refractivity contribution < 1.29 is 9.47 Å². The number of hydrogen-bond acceptors (Lipinski definition) is 6. The zero-order chi connectivity index (χ0) is 21.9. The first-order chi connectivity index (χ1) is 14.7. The molecule has 1 unspecified atom stereocenters. The average Bonchev–Trinajstić information content (AvgIpc) is 3.19. The van der Waals surface area contributed by atoms with Gasteiger partial charge in [0.25, 0.3) is 0 Å². The van der Waals surface area contributed by atoms with E-state index in [9.17, 15) is 0 Å². The second-order valence-corrected chi connectivity index (χ2v) is 6.95. The fraction of sp³-hybridized carbons (Fsp3) is 0.522. The van der Waals surface area contributed by atoms with Gasteiger partial charge < -0.3 is 19.8 Å². The average molecular weight is 414 g/mol. The summed E-state index contributed by atoms with van der Waals surface area (Å²) in [6, 6.07) is 8.44. The van der Waals surface area contributed by atoms with Crippen molar-refractivity contribution in [3.8, 4) is 5.88 Å². The second kappa shape index (κ2) is 12.1. The molecule has 0 saturated heterocycles. The van der Waals surface area contributed by atoms with Crippen LogP contribution in [0.15, 0.2) is 30.6 Å². The molecule has 0 aliphatic carbocycles. The normalized spacial score (nSPS) is 11.8. The van der Waals surface area contributed by atoms with Crippen LogP contribution in [0, 0.1) is 0 Å². The number of nitrogens with two attached hydrogens (primary N) is 1.